The van der Waals surface area contributed by atoms with E-state index >= 15 is 0 Å². The Balaban J connectivity index is 1.50. The van der Waals surface area contributed by atoms with Crippen LogP contribution in [0.3, 0.4) is 0 Å². The number of nitrogens with one attached hydrogen (secondary N) is 1. The van der Waals surface area contributed by atoms with Crippen molar-refractivity contribution in [3.05, 3.63) is 16.0 Å². The van der Waals surface area contributed by atoms with E-state index in [1.54, 1.807) is 0 Å². The van der Waals surface area contributed by atoms with Gasteiger partial charge in [-0.05, 0) is 42.0 Å². The third kappa shape index (κ3) is 2.92. The molecule has 2 saturated heterocycles. The summed E-state index contributed by atoms with van der Waals surface area (Å²) in [7, 11) is 0. The Morgan fingerprint density at radius 1 is 1.44 bits per heavy atom. The number of hydrogen-bond donors (Lipinski definition) is 1. The molecule has 1 aromatic heterocycles. The first-order valence-corrected chi connectivity index (χ1v) is 7.46. The van der Waals surface area contributed by atoms with E-state index in [9.17, 15) is 0 Å². The number of ether oxygens (including phenoxy) is 1. The lowest BCUT2D eigenvalue weighted by atomic mass is 10.2. The van der Waals surface area contributed by atoms with Gasteiger partial charge in [0.05, 0.1) is 12.7 Å². The number of nitrogens with zero attached hydrogens (tertiary/aromatic N) is 3. The second-order valence-electron chi connectivity index (χ2n) is 4.85. The van der Waals surface area contributed by atoms with Crippen molar-refractivity contribution in [2.75, 3.05) is 31.6 Å². The highest BCUT2D eigenvalue weighted by Gasteiger charge is 2.31. The lowest BCUT2D eigenvalue weighted by molar-refractivity contribution is -0.0416. The Kier molecular flexibility index (Phi) is 3.95. The van der Waals surface area contributed by atoms with Crippen molar-refractivity contribution in [2.45, 2.75) is 25.0 Å². The van der Waals surface area contributed by atoms with Gasteiger partial charge in [-0.3, -0.25) is 4.90 Å². The summed E-state index contributed by atoms with van der Waals surface area (Å²) < 4.78 is 6.92. The van der Waals surface area contributed by atoms with Gasteiger partial charge in [0.25, 0.3) is 0 Å². The molecule has 0 bridgehead atoms. The number of halogens is 1. The van der Waals surface area contributed by atoms with E-state index in [4.69, 9.17) is 4.74 Å². The van der Waals surface area contributed by atoms with Gasteiger partial charge in [-0.25, -0.2) is 9.97 Å². The van der Waals surface area contributed by atoms with Crippen molar-refractivity contribution in [1.82, 2.24) is 14.9 Å². The van der Waals surface area contributed by atoms with Crippen LogP contribution in [0.1, 0.15) is 12.8 Å². The molecule has 1 aromatic rings. The van der Waals surface area contributed by atoms with Gasteiger partial charge in [0, 0.05) is 35.1 Å². The molecule has 0 saturated carbocycles. The molecule has 2 aliphatic heterocycles. The summed E-state index contributed by atoms with van der Waals surface area (Å²) in [6.45, 7) is 3.91. The quantitative estimate of drug-likeness (QED) is 0.825. The summed E-state index contributed by atoms with van der Waals surface area (Å²) >= 11 is 2.20. The minimum absolute atomic E-state index is 0.252. The Labute approximate surface area is 120 Å². The number of morpholine rings is 1. The molecule has 0 radical (unpaired) electrons. The summed E-state index contributed by atoms with van der Waals surface area (Å²) in [5.74, 6) is 0.683. The first-order chi connectivity index (χ1) is 8.81. The van der Waals surface area contributed by atoms with Crippen molar-refractivity contribution in [3.8, 4) is 0 Å². The third-order valence-electron chi connectivity index (χ3n) is 3.57. The third-order valence-corrected chi connectivity index (χ3v) is 4.13. The van der Waals surface area contributed by atoms with E-state index in [0.717, 1.165) is 23.3 Å². The monoisotopic (exact) mass is 360 g/mol. The Bertz CT molecular complexity index is 400. The molecule has 3 heterocycles. The van der Waals surface area contributed by atoms with Gasteiger partial charge in [0.2, 0.25) is 5.95 Å². The van der Waals surface area contributed by atoms with Crippen LogP contribution < -0.4 is 5.32 Å². The van der Waals surface area contributed by atoms with Crippen molar-refractivity contribution < 1.29 is 4.74 Å². The summed E-state index contributed by atoms with van der Waals surface area (Å²) in [6.07, 6.45) is 6.49. The van der Waals surface area contributed by atoms with Gasteiger partial charge in [-0.15, -0.1) is 0 Å². The van der Waals surface area contributed by atoms with Gasteiger partial charge in [-0.1, -0.05) is 0 Å². The molecule has 2 fully saturated rings. The van der Waals surface area contributed by atoms with Gasteiger partial charge in [-0.2, -0.15) is 0 Å². The molecule has 2 atom stereocenters. The zero-order chi connectivity index (χ0) is 12.4. The number of fused-ring (bicyclic) bond motifs is 1. The highest BCUT2D eigenvalue weighted by atomic mass is 127. The first kappa shape index (κ1) is 12.6. The molecule has 6 heteroatoms. The summed E-state index contributed by atoms with van der Waals surface area (Å²) in [5, 5.41) is 3.24. The van der Waals surface area contributed by atoms with Crippen molar-refractivity contribution in [2.24, 2.45) is 0 Å². The number of hydrogen-bond acceptors (Lipinski definition) is 5. The standard InChI is InChI=1S/C12H17IN4O/c13-9-4-14-12(15-5-9)16-6-11-7-17-3-1-2-10(17)8-18-11/h4-5,10-11H,1-3,6-8H2,(H,14,15,16). The minimum atomic E-state index is 0.252. The van der Waals surface area contributed by atoms with Crippen LogP contribution in [0.25, 0.3) is 0 Å². The lowest BCUT2D eigenvalue weighted by Crippen LogP contribution is -2.48. The zero-order valence-electron chi connectivity index (χ0n) is 10.2. The molecule has 0 amide bonds. The van der Waals surface area contributed by atoms with Crippen LogP contribution in [0.2, 0.25) is 0 Å². The second-order valence-corrected chi connectivity index (χ2v) is 6.10. The summed E-state index contributed by atoms with van der Waals surface area (Å²) in [4.78, 5) is 11.0. The van der Waals surface area contributed by atoms with Gasteiger partial charge in [0.1, 0.15) is 0 Å². The minimum Gasteiger partial charge on any atom is -0.373 e. The molecule has 0 aromatic carbocycles. The topological polar surface area (TPSA) is 50.3 Å². The Morgan fingerprint density at radius 2 is 2.28 bits per heavy atom. The van der Waals surface area contributed by atoms with Crippen molar-refractivity contribution >= 4 is 28.5 Å². The van der Waals surface area contributed by atoms with Crippen molar-refractivity contribution in [3.63, 3.8) is 0 Å². The van der Waals surface area contributed by atoms with Crippen LogP contribution in [-0.2, 0) is 4.74 Å². The van der Waals surface area contributed by atoms with Crippen LogP contribution in [0.4, 0.5) is 5.95 Å². The van der Waals surface area contributed by atoms with E-state index in [2.05, 4.69) is 42.8 Å². The average Bonchev–Trinajstić information content (AvgIpc) is 2.85. The van der Waals surface area contributed by atoms with Crippen LogP contribution in [-0.4, -0.2) is 53.3 Å². The number of rotatable bonds is 3. The highest BCUT2D eigenvalue weighted by Crippen LogP contribution is 2.22. The zero-order valence-corrected chi connectivity index (χ0v) is 12.3. The number of anilines is 1. The Morgan fingerprint density at radius 3 is 3.11 bits per heavy atom. The molecule has 3 rings (SSSR count). The fourth-order valence-electron chi connectivity index (χ4n) is 2.62. The van der Waals surface area contributed by atoms with Crippen LogP contribution in [0.5, 0.6) is 0 Å². The molecule has 0 spiro atoms. The predicted octanol–water partition coefficient (Wildman–Crippen LogP) is 1.36. The molecule has 2 unspecified atom stereocenters. The molecule has 1 N–H and O–H groups in total. The summed E-state index contributed by atoms with van der Waals surface area (Å²) in [5.41, 5.74) is 0. The van der Waals surface area contributed by atoms with Crippen LogP contribution in [0.15, 0.2) is 12.4 Å². The molecule has 18 heavy (non-hydrogen) atoms. The first-order valence-electron chi connectivity index (χ1n) is 6.38. The van der Waals surface area contributed by atoms with E-state index in [1.165, 1.54) is 19.4 Å². The smallest absolute Gasteiger partial charge is 0.222 e. The number of aromatic nitrogens is 2. The highest BCUT2D eigenvalue weighted by molar-refractivity contribution is 14.1. The largest absolute Gasteiger partial charge is 0.373 e. The van der Waals surface area contributed by atoms with E-state index in [1.807, 2.05) is 12.4 Å². The van der Waals surface area contributed by atoms with Gasteiger partial charge in [0.15, 0.2) is 0 Å². The van der Waals surface area contributed by atoms with Crippen LogP contribution >= 0.6 is 22.6 Å². The average molecular weight is 360 g/mol. The molecule has 5 nitrogen and oxygen atoms in total. The van der Waals surface area contributed by atoms with Crippen molar-refractivity contribution in [1.29, 1.82) is 0 Å². The van der Waals surface area contributed by atoms with Gasteiger partial charge < -0.3 is 10.1 Å². The fraction of sp³-hybridized carbons (Fsp3) is 0.667. The maximum absolute atomic E-state index is 5.88. The van der Waals surface area contributed by atoms with Crippen LogP contribution in [0, 0.1) is 3.57 Å². The van der Waals surface area contributed by atoms with E-state index in [-0.39, 0.29) is 6.10 Å². The fourth-order valence-corrected chi connectivity index (χ4v) is 2.90. The van der Waals surface area contributed by atoms with Gasteiger partial charge >= 0.3 is 0 Å². The predicted molar refractivity (Wildman–Crippen MR) is 77.6 cm³/mol. The van der Waals surface area contributed by atoms with E-state index in [0.29, 0.717) is 12.0 Å². The SMILES string of the molecule is Ic1cnc(NCC2CN3CCCC3CO2)nc1. The molecular weight excluding hydrogens is 343 g/mol. The molecule has 0 aliphatic carbocycles. The Hall–Kier alpha value is -0.470. The maximum Gasteiger partial charge on any atom is 0.222 e. The summed E-state index contributed by atoms with van der Waals surface area (Å²) in [6, 6.07) is 0.663. The second kappa shape index (κ2) is 5.66. The molecule has 98 valence electrons. The lowest BCUT2D eigenvalue weighted by Gasteiger charge is -2.35. The molecule has 2 aliphatic rings. The van der Waals surface area contributed by atoms with E-state index < -0.39 is 0 Å². The normalized spacial score (nSPS) is 28.1. The maximum atomic E-state index is 5.88. The molecular formula is C12H17IN4O.